The third-order valence-corrected chi connectivity index (χ3v) is 5.19. The molecule has 1 aromatic carbocycles. The minimum absolute atomic E-state index is 0.0632. The number of carbonyl (C=O) groups excluding carboxylic acids is 1. The largest absolute Gasteiger partial charge is 0.496 e. The van der Waals surface area contributed by atoms with Crippen molar-refractivity contribution in [3.8, 4) is 17.0 Å². The van der Waals surface area contributed by atoms with E-state index in [1.54, 1.807) is 7.11 Å². The number of imidazole rings is 1. The van der Waals surface area contributed by atoms with Gasteiger partial charge >= 0.3 is 0 Å². The molecule has 2 N–H and O–H groups in total. The number of carbonyl (C=O) groups is 1. The molecule has 1 aliphatic heterocycles. The van der Waals surface area contributed by atoms with Crippen LogP contribution in [0.25, 0.3) is 11.3 Å². The number of rotatable bonds is 5. The minimum atomic E-state index is -0.588. The molecule has 7 heteroatoms. The Morgan fingerprint density at radius 3 is 2.77 bits per heavy atom. The van der Waals surface area contributed by atoms with E-state index >= 15 is 0 Å². The fourth-order valence-corrected chi connectivity index (χ4v) is 3.68. The van der Waals surface area contributed by atoms with Crippen molar-refractivity contribution >= 4 is 18.5 Å². The van der Waals surface area contributed by atoms with Crippen molar-refractivity contribution < 1.29 is 9.53 Å². The van der Waals surface area contributed by atoms with Gasteiger partial charge in [0.1, 0.15) is 11.6 Å². The number of methoxy groups -OCH3 is 1. The van der Waals surface area contributed by atoms with Gasteiger partial charge in [-0.3, -0.25) is 4.79 Å². The highest BCUT2D eigenvalue weighted by molar-refractivity contribution is 7.80. The molecular weight excluding hydrogens is 348 g/mol. The quantitative estimate of drug-likeness (QED) is 0.788. The third kappa shape index (κ3) is 3.33. The number of amides is 1. The molecule has 0 bridgehead atoms. The van der Waals surface area contributed by atoms with Crippen molar-refractivity contribution in [1.82, 2.24) is 14.5 Å². The van der Waals surface area contributed by atoms with Gasteiger partial charge in [-0.05, 0) is 18.1 Å². The van der Waals surface area contributed by atoms with E-state index in [4.69, 9.17) is 15.5 Å². The fourth-order valence-electron chi connectivity index (χ4n) is 3.52. The molecule has 26 heavy (non-hydrogen) atoms. The van der Waals surface area contributed by atoms with Crippen LogP contribution in [-0.2, 0) is 11.3 Å². The first-order valence-corrected chi connectivity index (χ1v) is 9.48. The molecule has 0 spiro atoms. The molecule has 140 valence electrons. The lowest BCUT2D eigenvalue weighted by Gasteiger charge is -2.39. The molecule has 0 aliphatic carbocycles. The second kappa shape index (κ2) is 7.72. The number of thiol groups is 1. The van der Waals surface area contributed by atoms with Crippen LogP contribution in [-0.4, -0.2) is 45.8 Å². The number of nitrogens with zero attached hydrogens (tertiary/aromatic N) is 3. The molecule has 0 fully saturated rings. The van der Waals surface area contributed by atoms with Crippen LogP contribution in [0, 0.1) is 5.92 Å². The molecule has 2 heterocycles. The standard InChI is InChI=1S/C19H26N4O2S/c1-12(2)17-18-21-15(13-6-4-5-7-16(13)25-3)10-22(18)8-9-23(17)19(24)14(20)11-26/h4-7,10,12,14,17,26H,8-9,11,20H2,1-3H3/t14-,17-/m0/s1. The molecule has 2 atom stereocenters. The summed E-state index contributed by atoms with van der Waals surface area (Å²) in [6.07, 6.45) is 2.04. The summed E-state index contributed by atoms with van der Waals surface area (Å²) in [5.74, 6) is 2.17. The lowest BCUT2D eigenvalue weighted by molar-refractivity contribution is -0.137. The van der Waals surface area contributed by atoms with Crippen LogP contribution in [0.3, 0.4) is 0 Å². The summed E-state index contributed by atoms with van der Waals surface area (Å²) in [5.41, 5.74) is 7.76. The van der Waals surface area contributed by atoms with Crippen molar-refractivity contribution in [3.63, 3.8) is 0 Å². The Balaban J connectivity index is 2.01. The maximum absolute atomic E-state index is 12.7. The second-order valence-electron chi connectivity index (χ2n) is 6.89. The topological polar surface area (TPSA) is 73.4 Å². The summed E-state index contributed by atoms with van der Waals surface area (Å²) in [6.45, 7) is 5.53. The zero-order valence-electron chi connectivity index (χ0n) is 15.4. The predicted molar refractivity (Wildman–Crippen MR) is 105 cm³/mol. The average molecular weight is 375 g/mol. The second-order valence-corrected chi connectivity index (χ2v) is 7.25. The van der Waals surface area contributed by atoms with Gasteiger partial charge in [0, 0.05) is 30.6 Å². The van der Waals surface area contributed by atoms with Crippen LogP contribution in [0.2, 0.25) is 0 Å². The maximum atomic E-state index is 12.7. The number of aromatic nitrogens is 2. The number of nitrogens with two attached hydrogens (primary N) is 1. The Kier molecular flexibility index (Phi) is 5.58. The molecule has 3 rings (SSSR count). The summed E-state index contributed by atoms with van der Waals surface area (Å²) < 4.78 is 7.61. The van der Waals surface area contributed by atoms with Crippen molar-refractivity contribution in [2.24, 2.45) is 11.7 Å². The SMILES string of the molecule is COc1ccccc1-c1cn2c(n1)[C@H](C(C)C)N(C(=O)[C@@H](N)CS)CC2. The van der Waals surface area contributed by atoms with Gasteiger partial charge in [0.15, 0.2) is 0 Å². The van der Waals surface area contributed by atoms with Gasteiger partial charge < -0.3 is 19.9 Å². The highest BCUT2D eigenvalue weighted by Crippen LogP contribution is 2.36. The van der Waals surface area contributed by atoms with E-state index in [2.05, 4.69) is 31.0 Å². The summed E-state index contributed by atoms with van der Waals surface area (Å²) in [4.78, 5) is 19.5. The van der Waals surface area contributed by atoms with Gasteiger partial charge in [-0.2, -0.15) is 12.6 Å². The van der Waals surface area contributed by atoms with Gasteiger partial charge in [0.05, 0.1) is 24.9 Å². The molecule has 0 radical (unpaired) electrons. The first-order chi connectivity index (χ1) is 12.5. The molecule has 1 aromatic heterocycles. The number of para-hydroxylation sites is 1. The molecule has 2 aromatic rings. The zero-order chi connectivity index (χ0) is 18.8. The van der Waals surface area contributed by atoms with Gasteiger partial charge in [0.2, 0.25) is 5.91 Å². The molecular formula is C19H26N4O2S. The summed E-state index contributed by atoms with van der Waals surface area (Å²) in [5, 5.41) is 0. The van der Waals surface area contributed by atoms with Crippen molar-refractivity contribution in [2.45, 2.75) is 32.5 Å². The molecule has 1 aliphatic rings. The molecule has 6 nitrogen and oxygen atoms in total. The Morgan fingerprint density at radius 2 is 2.12 bits per heavy atom. The van der Waals surface area contributed by atoms with Crippen LogP contribution in [0.15, 0.2) is 30.5 Å². The van der Waals surface area contributed by atoms with Gasteiger partial charge in [-0.25, -0.2) is 4.98 Å². The van der Waals surface area contributed by atoms with Crippen LogP contribution in [0.5, 0.6) is 5.75 Å². The summed E-state index contributed by atoms with van der Waals surface area (Å²) in [6, 6.07) is 7.14. The lowest BCUT2D eigenvalue weighted by Crippen LogP contribution is -2.51. The van der Waals surface area contributed by atoms with E-state index in [9.17, 15) is 4.79 Å². The maximum Gasteiger partial charge on any atom is 0.241 e. The first-order valence-electron chi connectivity index (χ1n) is 8.85. The summed E-state index contributed by atoms with van der Waals surface area (Å²) in [7, 11) is 1.66. The molecule has 1 amide bonds. The Morgan fingerprint density at radius 1 is 1.38 bits per heavy atom. The molecule has 0 saturated carbocycles. The van der Waals surface area contributed by atoms with E-state index < -0.39 is 6.04 Å². The molecule has 0 saturated heterocycles. The van der Waals surface area contributed by atoms with E-state index in [0.717, 1.165) is 22.8 Å². The monoisotopic (exact) mass is 374 g/mol. The minimum Gasteiger partial charge on any atom is -0.496 e. The van der Waals surface area contributed by atoms with E-state index in [0.29, 0.717) is 18.8 Å². The predicted octanol–water partition coefficient (Wildman–Crippen LogP) is 2.36. The average Bonchev–Trinajstić information content (AvgIpc) is 3.09. The van der Waals surface area contributed by atoms with Gasteiger partial charge in [0.25, 0.3) is 0 Å². The van der Waals surface area contributed by atoms with E-state index in [1.807, 2.05) is 35.4 Å². The van der Waals surface area contributed by atoms with Crippen LogP contribution >= 0.6 is 12.6 Å². The van der Waals surface area contributed by atoms with Crippen LogP contribution in [0.4, 0.5) is 0 Å². The summed E-state index contributed by atoms with van der Waals surface area (Å²) >= 11 is 4.18. The smallest absolute Gasteiger partial charge is 0.241 e. The van der Waals surface area contributed by atoms with Crippen molar-refractivity contribution in [2.75, 3.05) is 19.4 Å². The highest BCUT2D eigenvalue weighted by atomic mass is 32.1. The Labute approximate surface area is 159 Å². The van der Waals surface area contributed by atoms with Gasteiger partial charge in [-0.1, -0.05) is 26.0 Å². The van der Waals surface area contributed by atoms with E-state index in [-0.39, 0.29) is 17.9 Å². The fraction of sp³-hybridized carbons (Fsp3) is 0.474. The van der Waals surface area contributed by atoms with E-state index in [1.165, 1.54) is 0 Å². The van der Waals surface area contributed by atoms with Gasteiger partial charge in [-0.15, -0.1) is 0 Å². The van der Waals surface area contributed by atoms with Crippen LogP contribution < -0.4 is 10.5 Å². The molecule has 0 unspecified atom stereocenters. The van der Waals surface area contributed by atoms with Crippen LogP contribution in [0.1, 0.15) is 25.7 Å². The Bertz CT molecular complexity index is 790. The number of hydrogen-bond donors (Lipinski definition) is 2. The Hall–Kier alpha value is -1.99. The number of ether oxygens (including phenoxy) is 1. The zero-order valence-corrected chi connectivity index (χ0v) is 16.3. The number of fused-ring (bicyclic) bond motifs is 1. The lowest BCUT2D eigenvalue weighted by atomic mass is 9.99. The first kappa shape index (κ1) is 18.8. The normalized spacial score (nSPS) is 17.9. The van der Waals surface area contributed by atoms with Crippen molar-refractivity contribution in [3.05, 3.63) is 36.3 Å². The number of benzene rings is 1. The highest BCUT2D eigenvalue weighted by Gasteiger charge is 2.36. The number of hydrogen-bond acceptors (Lipinski definition) is 5. The third-order valence-electron chi connectivity index (χ3n) is 4.80. The van der Waals surface area contributed by atoms with Crippen molar-refractivity contribution in [1.29, 1.82) is 0 Å².